The molecule has 1 aliphatic carbocycles. The molecule has 210 valence electrons. The van der Waals surface area contributed by atoms with Crippen LogP contribution in [0.25, 0.3) is 27.8 Å². The number of halogens is 2. The molecule has 5 heterocycles. The molecule has 0 bridgehead atoms. The molecular weight excluding hydrogens is 528 g/mol. The molecule has 0 amide bonds. The Morgan fingerprint density at radius 3 is 2.68 bits per heavy atom. The van der Waals surface area contributed by atoms with E-state index >= 15 is 4.39 Å². The number of nitrogens with zero attached hydrogens (tertiary/aromatic N) is 4. The van der Waals surface area contributed by atoms with Gasteiger partial charge in [-0.2, -0.15) is 0 Å². The highest BCUT2D eigenvalue weighted by Crippen LogP contribution is 2.50. The Morgan fingerprint density at radius 1 is 1.12 bits per heavy atom. The van der Waals surface area contributed by atoms with Gasteiger partial charge in [-0.3, -0.25) is 14.2 Å². The first-order valence-electron chi connectivity index (χ1n) is 13.8. The molecule has 0 radical (unpaired) electrons. The van der Waals surface area contributed by atoms with Crippen LogP contribution in [-0.2, 0) is 6.42 Å². The highest BCUT2D eigenvalue weighted by Gasteiger charge is 2.40. The van der Waals surface area contributed by atoms with Crippen LogP contribution in [0.5, 0.6) is 0 Å². The average Bonchev–Trinajstić information content (AvgIpc) is 3.55. The van der Waals surface area contributed by atoms with Crippen molar-refractivity contribution in [1.82, 2.24) is 14.3 Å². The number of rotatable bonds is 4. The lowest BCUT2D eigenvalue weighted by molar-refractivity contribution is 0.0694. The maximum Gasteiger partial charge on any atom is 0.341 e. The lowest BCUT2D eigenvalue weighted by atomic mass is 9.90. The molecule has 3 aromatic heterocycles. The summed E-state index contributed by atoms with van der Waals surface area (Å²) in [5.41, 5.74) is 4.32. The number of nitrogens with one attached hydrogen (secondary N) is 1. The van der Waals surface area contributed by atoms with E-state index in [0.29, 0.717) is 57.5 Å². The SMILES string of the molecule is CNc1cc(F)c(F)c2c1Cc1ncc(-c3ccc4ccc(C(=O)O)c(=O)n4c3)c(N3CC[C@H]4CCN(C)[C@H]4C3)c1-2. The monoisotopic (exact) mass is 557 g/mol. The third kappa shape index (κ3) is 3.84. The molecule has 0 unspecified atom stereocenters. The minimum absolute atomic E-state index is 0.224. The number of aromatic carboxylic acids is 1. The van der Waals surface area contributed by atoms with E-state index in [-0.39, 0.29) is 11.1 Å². The van der Waals surface area contributed by atoms with Crippen LogP contribution < -0.4 is 15.8 Å². The van der Waals surface area contributed by atoms with Gasteiger partial charge >= 0.3 is 5.97 Å². The lowest BCUT2D eigenvalue weighted by Crippen LogP contribution is -2.47. The zero-order chi connectivity index (χ0) is 28.6. The van der Waals surface area contributed by atoms with E-state index in [1.807, 2.05) is 6.07 Å². The normalized spacial score (nSPS) is 19.8. The fourth-order valence-corrected chi connectivity index (χ4v) is 7.04. The van der Waals surface area contributed by atoms with Crippen molar-refractivity contribution >= 4 is 22.9 Å². The first-order valence-corrected chi connectivity index (χ1v) is 13.8. The number of hydrogen-bond acceptors (Lipinski definition) is 6. The summed E-state index contributed by atoms with van der Waals surface area (Å²) in [7, 11) is 3.82. The Bertz CT molecular complexity index is 1820. The molecule has 2 fully saturated rings. The van der Waals surface area contributed by atoms with Crippen molar-refractivity contribution in [2.24, 2.45) is 5.92 Å². The topological polar surface area (TPSA) is 90.2 Å². The summed E-state index contributed by atoms with van der Waals surface area (Å²) < 4.78 is 31.9. The molecule has 8 nitrogen and oxygen atoms in total. The Labute approximate surface area is 234 Å². The van der Waals surface area contributed by atoms with Crippen LogP contribution in [0.4, 0.5) is 20.2 Å². The molecule has 10 heteroatoms. The number of carboxylic acid groups (broad SMARTS) is 1. The van der Waals surface area contributed by atoms with Gasteiger partial charge in [0.1, 0.15) is 5.56 Å². The minimum Gasteiger partial charge on any atom is -0.477 e. The van der Waals surface area contributed by atoms with E-state index in [1.54, 1.807) is 31.6 Å². The number of hydrogen-bond donors (Lipinski definition) is 2. The van der Waals surface area contributed by atoms with Crippen LogP contribution >= 0.6 is 0 Å². The number of fused-ring (bicyclic) bond motifs is 5. The summed E-state index contributed by atoms with van der Waals surface area (Å²) in [5, 5.41) is 12.5. The van der Waals surface area contributed by atoms with Crippen LogP contribution in [0.15, 0.2) is 47.5 Å². The van der Waals surface area contributed by atoms with Crippen LogP contribution in [-0.4, -0.2) is 65.1 Å². The van der Waals surface area contributed by atoms with E-state index in [2.05, 4.69) is 22.2 Å². The highest BCUT2D eigenvalue weighted by molar-refractivity contribution is 5.97. The first kappa shape index (κ1) is 25.6. The van der Waals surface area contributed by atoms with Crippen molar-refractivity contribution in [2.45, 2.75) is 25.3 Å². The Kier molecular flexibility index (Phi) is 5.86. The number of pyridine rings is 3. The zero-order valence-corrected chi connectivity index (χ0v) is 22.7. The van der Waals surface area contributed by atoms with Crippen molar-refractivity contribution in [3.8, 4) is 22.3 Å². The van der Waals surface area contributed by atoms with Gasteiger partial charge in [0.15, 0.2) is 11.6 Å². The van der Waals surface area contributed by atoms with E-state index < -0.39 is 23.2 Å². The smallest absolute Gasteiger partial charge is 0.341 e. The molecule has 1 aromatic carbocycles. The van der Waals surface area contributed by atoms with E-state index in [1.165, 1.54) is 16.5 Å². The Morgan fingerprint density at radius 2 is 1.90 bits per heavy atom. The van der Waals surface area contributed by atoms with Crippen LogP contribution in [0.1, 0.15) is 34.5 Å². The second-order valence-electron chi connectivity index (χ2n) is 11.2. The van der Waals surface area contributed by atoms with Gasteiger partial charge in [0.2, 0.25) is 0 Å². The van der Waals surface area contributed by atoms with Crippen molar-refractivity contribution in [2.75, 3.05) is 43.9 Å². The second-order valence-corrected chi connectivity index (χ2v) is 11.2. The van der Waals surface area contributed by atoms with Gasteiger partial charge in [-0.1, -0.05) is 6.07 Å². The summed E-state index contributed by atoms with van der Waals surface area (Å²) in [6.45, 7) is 2.50. The number of likely N-dealkylation sites (tertiary alicyclic amines) is 1. The number of anilines is 2. The van der Waals surface area contributed by atoms with E-state index in [4.69, 9.17) is 4.98 Å². The predicted octanol–water partition coefficient (Wildman–Crippen LogP) is 4.48. The Hall–Kier alpha value is -4.31. The van der Waals surface area contributed by atoms with Crippen molar-refractivity contribution < 1.29 is 18.7 Å². The molecule has 0 saturated carbocycles. The molecule has 2 saturated heterocycles. The van der Waals surface area contributed by atoms with Crippen molar-refractivity contribution in [3.05, 3.63) is 81.5 Å². The second kappa shape index (κ2) is 9.37. The van der Waals surface area contributed by atoms with Crippen LogP contribution in [0.3, 0.4) is 0 Å². The summed E-state index contributed by atoms with van der Waals surface area (Å²) in [5.74, 6) is -2.54. The standard InChI is InChI=1S/C31H29F2N5O3/c1-34-23-12-22(32)28(33)26-20(23)11-24-27(26)29(37-10-8-16-7-9-36(2)25(16)15-37)21(13-35-24)17-3-4-18-5-6-19(31(40)41)30(39)38(18)14-17/h3-6,12-14,16,25,34H,7-11,15H2,1-2H3,(H,40,41)/t16-,25+/m1/s1. The van der Waals surface area contributed by atoms with Gasteiger partial charge in [-0.25, -0.2) is 13.6 Å². The third-order valence-electron chi connectivity index (χ3n) is 9.17. The fourth-order valence-electron chi connectivity index (χ4n) is 7.04. The summed E-state index contributed by atoms with van der Waals surface area (Å²) in [4.78, 5) is 34.1. The Balaban J connectivity index is 1.49. The van der Waals surface area contributed by atoms with Gasteiger partial charge in [0, 0.05) is 84.5 Å². The number of aromatic nitrogens is 2. The van der Waals surface area contributed by atoms with Gasteiger partial charge < -0.3 is 20.2 Å². The molecule has 2 N–H and O–H groups in total. The summed E-state index contributed by atoms with van der Waals surface area (Å²) >= 11 is 0. The fraction of sp³-hybridized carbons (Fsp3) is 0.323. The minimum atomic E-state index is -1.30. The number of piperidine rings is 1. The molecule has 0 spiro atoms. The number of carboxylic acids is 1. The molecule has 41 heavy (non-hydrogen) atoms. The van der Waals surface area contributed by atoms with E-state index in [9.17, 15) is 19.1 Å². The quantitative estimate of drug-likeness (QED) is 0.337. The predicted molar refractivity (Wildman–Crippen MR) is 153 cm³/mol. The van der Waals surface area contributed by atoms with Gasteiger partial charge in [0.25, 0.3) is 5.56 Å². The van der Waals surface area contributed by atoms with Crippen molar-refractivity contribution in [1.29, 1.82) is 0 Å². The molecule has 4 aromatic rings. The van der Waals surface area contributed by atoms with Gasteiger partial charge in [-0.15, -0.1) is 0 Å². The van der Waals surface area contributed by atoms with Crippen LogP contribution in [0, 0.1) is 17.6 Å². The van der Waals surface area contributed by atoms with E-state index in [0.717, 1.165) is 38.2 Å². The maximum absolute atomic E-state index is 15.7. The van der Waals surface area contributed by atoms with Gasteiger partial charge in [0.05, 0.1) is 11.4 Å². The lowest BCUT2D eigenvalue weighted by Gasteiger charge is -2.40. The first-order chi connectivity index (χ1) is 19.8. The third-order valence-corrected chi connectivity index (χ3v) is 9.17. The number of carbonyl (C=O) groups is 1. The molecule has 7 rings (SSSR count). The number of likely N-dealkylation sites (N-methyl/N-ethyl adjacent to an activating group) is 1. The molecule has 3 aliphatic rings. The maximum atomic E-state index is 15.7. The average molecular weight is 558 g/mol. The summed E-state index contributed by atoms with van der Waals surface area (Å²) in [6, 6.07) is 8.03. The highest BCUT2D eigenvalue weighted by atomic mass is 19.2. The van der Waals surface area contributed by atoms with Crippen molar-refractivity contribution in [3.63, 3.8) is 0 Å². The summed E-state index contributed by atoms with van der Waals surface area (Å²) in [6.07, 6.45) is 5.84. The zero-order valence-electron chi connectivity index (χ0n) is 22.7. The van der Waals surface area contributed by atoms with Crippen LogP contribution in [0.2, 0.25) is 0 Å². The molecule has 2 aliphatic heterocycles. The van der Waals surface area contributed by atoms with Gasteiger partial charge in [-0.05, 0) is 56.1 Å². The largest absolute Gasteiger partial charge is 0.477 e. The molecule has 2 atom stereocenters. The number of benzene rings is 1. The molecular formula is C31H29F2N5O3.